The smallest absolute Gasteiger partial charge is 0.101 e. The molecule has 1 atom stereocenters. The van der Waals surface area contributed by atoms with Crippen LogP contribution in [0.2, 0.25) is 0 Å². The molecular formula is C34H68N2. The van der Waals surface area contributed by atoms with Crippen LogP contribution in [0.5, 0.6) is 0 Å². The molecule has 214 valence electrons. The Hall–Kier alpha value is -0.660. The highest BCUT2D eigenvalue weighted by Crippen LogP contribution is 2.23. The summed E-state index contributed by atoms with van der Waals surface area (Å²) in [6, 6.07) is 0. The summed E-state index contributed by atoms with van der Waals surface area (Å²) in [6.45, 7) is 9.41. The summed E-state index contributed by atoms with van der Waals surface area (Å²) in [5, 5.41) is 0. The Morgan fingerprint density at radius 1 is 0.361 bits per heavy atom. The number of unbranched alkanes of at least 4 members (excludes halogenated alkanes) is 22. The first kappa shape index (κ1) is 33.4. The average Bonchev–Trinajstić information content (AvgIpc) is 3.26. The van der Waals surface area contributed by atoms with Crippen molar-refractivity contribution in [3.8, 4) is 0 Å². The summed E-state index contributed by atoms with van der Waals surface area (Å²) in [4.78, 5) is 5.29. The first-order chi connectivity index (χ1) is 17.8. The van der Waals surface area contributed by atoms with Gasteiger partial charge in [-0.25, -0.2) is 0 Å². The standard InChI is InChI=1S/C34H68N2/c1-4-7-9-11-13-15-17-18-19-21-23-25-27-29-34-35(30-6-3)32-33-36(34)31-28-26-24-22-20-16-14-12-10-8-5-2/h32-34H,4-31H2,1-3H3. The van der Waals surface area contributed by atoms with Gasteiger partial charge in [-0.2, -0.15) is 0 Å². The Bertz CT molecular complexity index is 460. The first-order valence-electron chi connectivity index (χ1n) is 17.0. The van der Waals surface area contributed by atoms with E-state index in [0.29, 0.717) is 6.17 Å². The number of hydrogen-bond donors (Lipinski definition) is 0. The SMILES string of the molecule is CCCCCCCCCCCCCCCC1N(CCC)C=CN1CCCCCCCCCCCCC. The molecule has 0 N–H and O–H groups in total. The normalized spacial score (nSPS) is 15.5. The highest BCUT2D eigenvalue weighted by atomic mass is 15.4. The van der Waals surface area contributed by atoms with Gasteiger partial charge in [0.15, 0.2) is 0 Å². The van der Waals surface area contributed by atoms with E-state index >= 15 is 0 Å². The number of hydrogen-bond acceptors (Lipinski definition) is 2. The molecule has 0 aromatic rings. The monoisotopic (exact) mass is 505 g/mol. The predicted molar refractivity (Wildman–Crippen MR) is 163 cm³/mol. The second-order valence-electron chi connectivity index (χ2n) is 11.8. The Balaban J connectivity index is 2.03. The van der Waals surface area contributed by atoms with Crippen LogP contribution in [0, 0.1) is 0 Å². The molecule has 0 bridgehead atoms. The third kappa shape index (κ3) is 18.6. The van der Waals surface area contributed by atoms with Crippen LogP contribution in [0.15, 0.2) is 12.4 Å². The molecule has 1 unspecified atom stereocenters. The van der Waals surface area contributed by atoms with Gasteiger partial charge in [-0.1, -0.05) is 162 Å². The zero-order chi connectivity index (χ0) is 25.9. The van der Waals surface area contributed by atoms with E-state index in [1.807, 2.05) is 0 Å². The molecule has 36 heavy (non-hydrogen) atoms. The number of rotatable bonds is 28. The van der Waals surface area contributed by atoms with Crippen molar-refractivity contribution in [2.75, 3.05) is 13.1 Å². The zero-order valence-electron chi connectivity index (χ0n) is 25.4. The molecule has 1 aliphatic heterocycles. The third-order valence-electron chi connectivity index (χ3n) is 8.28. The Kier molecular flexibility index (Phi) is 24.1. The highest BCUT2D eigenvalue weighted by Gasteiger charge is 2.24. The summed E-state index contributed by atoms with van der Waals surface area (Å²) in [7, 11) is 0. The highest BCUT2D eigenvalue weighted by molar-refractivity contribution is 4.96. The van der Waals surface area contributed by atoms with Gasteiger partial charge in [0.1, 0.15) is 6.17 Å². The van der Waals surface area contributed by atoms with Gasteiger partial charge in [0.25, 0.3) is 0 Å². The molecule has 0 fully saturated rings. The van der Waals surface area contributed by atoms with Crippen molar-refractivity contribution in [1.82, 2.24) is 9.80 Å². The van der Waals surface area contributed by atoms with Crippen molar-refractivity contribution in [3.05, 3.63) is 12.4 Å². The van der Waals surface area contributed by atoms with Gasteiger partial charge in [0, 0.05) is 25.5 Å². The summed E-state index contributed by atoms with van der Waals surface area (Å²) >= 11 is 0. The maximum atomic E-state index is 2.67. The van der Waals surface area contributed by atoms with Crippen molar-refractivity contribution < 1.29 is 0 Å². The lowest BCUT2D eigenvalue weighted by molar-refractivity contribution is 0.137. The Morgan fingerprint density at radius 2 is 0.694 bits per heavy atom. The molecule has 1 heterocycles. The molecule has 0 aromatic carbocycles. The van der Waals surface area contributed by atoms with Gasteiger partial charge in [0.2, 0.25) is 0 Å². The maximum Gasteiger partial charge on any atom is 0.101 e. The number of nitrogens with zero attached hydrogens (tertiary/aromatic N) is 2. The van der Waals surface area contributed by atoms with Crippen LogP contribution in [0.1, 0.15) is 188 Å². The minimum Gasteiger partial charge on any atom is -0.356 e. The van der Waals surface area contributed by atoms with E-state index in [1.165, 1.54) is 180 Å². The molecule has 0 amide bonds. The van der Waals surface area contributed by atoms with Crippen molar-refractivity contribution >= 4 is 0 Å². The lowest BCUT2D eigenvalue weighted by Gasteiger charge is -2.33. The van der Waals surface area contributed by atoms with Crippen LogP contribution in [0.4, 0.5) is 0 Å². The van der Waals surface area contributed by atoms with Gasteiger partial charge in [0.05, 0.1) is 0 Å². The van der Waals surface area contributed by atoms with Crippen molar-refractivity contribution in [2.24, 2.45) is 0 Å². The van der Waals surface area contributed by atoms with E-state index in [2.05, 4.69) is 43.0 Å². The molecule has 0 spiro atoms. The fourth-order valence-electron chi connectivity index (χ4n) is 5.90. The fourth-order valence-corrected chi connectivity index (χ4v) is 5.90. The zero-order valence-corrected chi connectivity index (χ0v) is 25.4. The molecule has 0 saturated carbocycles. The summed E-state index contributed by atoms with van der Waals surface area (Å²) in [5.41, 5.74) is 0. The Morgan fingerprint density at radius 3 is 1.08 bits per heavy atom. The fraction of sp³-hybridized carbons (Fsp3) is 0.941. The van der Waals surface area contributed by atoms with Gasteiger partial charge < -0.3 is 9.80 Å². The third-order valence-corrected chi connectivity index (χ3v) is 8.28. The Labute approximate surface area is 229 Å². The first-order valence-corrected chi connectivity index (χ1v) is 17.0. The van der Waals surface area contributed by atoms with Crippen LogP contribution in [-0.2, 0) is 0 Å². The van der Waals surface area contributed by atoms with Gasteiger partial charge in [-0.15, -0.1) is 0 Å². The lowest BCUT2D eigenvalue weighted by atomic mass is 10.0. The molecule has 2 nitrogen and oxygen atoms in total. The van der Waals surface area contributed by atoms with E-state index in [0.717, 1.165) is 0 Å². The molecule has 1 aliphatic rings. The summed E-state index contributed by atoms with van der Waals surface area (Å²) in [6.07, 6.45) is 42.6. The van der Waals surface area contributed by atoms with E-state index in [9.17, 15) is 0 Å². The van der Waals surface area contributed by atoms with Crippen LogP contribution in [0.3, 0.4) is 0 Å². The van der Waals surface area contributed by atoms with Crippen molar-refractivity contribution in [2.45, 2.75) is 194 Å². The van der Waals surface area contributed by atoms with Gasteiger partial charge in [-0.05, 0) is 25.7 Å². The van der Waals surface area contributed by atoms with Gasteiger partial charge >= 0.3 is 0 Å². The molecule has 2 heteroatoms. The van der Waals surface area contributed by atoms with E-state index in [4.69, 9.17) is 0 Å². The van der Waals surface area contributed by atoms with E-state index < -0.39 is 0 Å². The topological polar surface area (TPSA) is 6.48 Å². The van der Waals surface area contributed by atoms with Crippen LogP contribution in [0.25, 0.3) is 0 Å². The lowest BCUT2D eigenvalue weighted by Crippen LogP contribution is -2.39. The maximum absolute atomic E-state index is 2.67. The second-order valence-corrected chi connectivity index (χ2v) is 11.8. The summed E-state index contributed by atoms with van der Waals surface area (Å²) < 4.78 is 0. The van der Waals surface area contributed by atoms with Crippen LogP contribution < -0.4 is 0 Å². The molecule has 0 aliphatic carbocycles. The van der Waals surface area contributed by atoms with Gasteiger partial charge in [-0.3, -0.25) is 0 Å². The van der Waals surface area contributed by atoms with Crippen LogP contribution in [-0.4, -0.2) is 29.1 Å². The molecule has 0 radical (unpaired) electrons. The molecule has 0 saturated heterocycles. The average molecular weight is 505 g/mol. The van der Waals surface area contributed by atoms with Crippen molar-refractivity contribution in [3.63, 3.8) is 0 Å². The quantitative estimate of drug-likeness (QED) is 0.0977. The second kappa shape index (κ2) is 26.0. The van der Waals surface area contributed by atoms with E-state index in [1.54, 1.807) is 0 Å². The molecule has 0 aromatic heterocycles. The minimum atomic E-state index is 0.640. The minimum absolute atomic E-state index is 0.640. The van der Waals surface area contributed by atoms with E-state index in [-0.39, 0.29) is 0 Å². The predicted octanol–water partition coefficient (Wildman–Crippen LogP) is 11.6. The van der Waals surface area contributed by atoms with Crippen molar-refractivity contribution in [1.29, 1.82) is 0 Å². The molecular weight excluding hydrogens is 436 g/mol. The largest absolute Gasteiger partial charge is 0.356 e. The summed E-state index contributed by atoms with van der Waals surface area (Å²) in [5.74, 6) is 0. The molecule has 1 rings (SSSR count). The van der Waals surface area contributed by atoms with Crippen LogP contribution >= 0.6 is 0 Å².